The van der Waals surface area contributed by atoms with Crippen LogP contribution >= 0.6 is 11.8 Å². The van der Waals surface area contributed by atoms with Gasteiger partial charge in [-0.3, -0.25) is 9.79 Å². The molecule has 2 aliphatic carbocycles. The second-order valence-electron chi connectivity index (χ2n) is 7.30. The van der Waals surface area contributed by atoms with Gasteiger partial charge >= 0.3 is 0 Å². The van der Waals surface area contributed by atoms with Crippen LogP contribution in [0.4, 0.5) is 4.39 Å². The number of benzene rings is 1. The van der Waals surface area contributed by atoms with Crippen LogP contribution in [0.5, 0.6) is 5.75 Å². The van der Waals surface area contributed by atoms with Gasteiger partial charge in [0.2, 0.25) is 5.91 Å². The number of thioether (sulfide) groups is 1. The number of rotatable bonds is 1. The smallest absolute Gasteiger partial charge is 0.247 e. The van der Waals surface area contributed by atoms with Gasteiger partial charge in [-0.2, -0.15) is 0 Å². The van der Waals surface area contributed by atoms with Gasteiger partial charge in [-0.15, -0.1) is 0 Å². The van der Waals surface area contributed by atoms with Gasteiger partial charge in [0.15, 0.2) is 5.17 Å². The fourth-order valence-electron chi connectivity index (χ4n) is 4.74. The summed E-state index contributed by atoms with van der Waals surface area (Å²) in [5.74, 6) is 1.66. The van der Waals surface area contributed by atoms with E-state index in [0.29, 0.717) is 41.5 Å². The molecule has 2 bridgehead atoms. The summed E-state index contributed by atoms with van der Waals surface area (Å²) in [6, 6.07) is 4.76. The molecular weight excluding hydrogens is 327 g/mol. The van der Waals surface area contributed by atoms with E-state index in [4.69, 9.17) is 9.73 Å². The van der Waals surface area contributed by atoms with Gasteiger partial charge in [0.05, 0.1) is 12.6 Å². The van der Waals surface area contributed by atoms with Crippen LogP contribution in [0.25, 0.3) is 0 Å². The molecule has 0 aromatic heterocycles. The van der Waals surface area contributed by atoms with E-state index in [1.54, 1.807) is 6.07 Å². The van der Waals surface area contributed by atoms with E-state index in [2.05, 4.69) is 5.32 Å². The second-order valence-corrected chi connectivity index (χ2v) is 8.59. The molecule has 4 aliphatic rings. The van der Waals surface area contributed by atoms with Crippen molar-refractivity contribution in [2.24, 2.45) is 16.8 Å². The normalized spacial score (nSPS) is 38.5. The summed E-state index contributed by atoms with van der Waals surface area (Å²) >= 11 is 1.45. The van der Waals surface area contributed by atoms with E-state index in [0.717, 1.165) is 12.3 Å². The first-order valence-corrected chi connectivity index (χ1v) is 9.47. The van der Waals surface area contributed by atoms with Crippen molar-refractivity contribution < 1.29 is 13.9 Å². The number of fused-ring (bicyclic) bond motifs is 4. The van der Waals surface area contributed by atoms with E-state index in [1.807, 2.05) is 0 Å². The monoisotopic (exact) mass is 346 g/mol. The van der Waals surface area contributed by atoms with E-state index in [-0.39, 0.29) is 11.7 Å². The van der Waals surface area contributed by atoms with Gasteiger partial charge in [-0.05, 0) is 49.3 Å². The van der Waals surface area contributed by atoms with Crippen LogP contribution in [0.3, 0.4) is 0 Å². The predicted octanol–water partition coefficient (Wildman–Crippen LogP) is 3.21. The van der Waals surface area contributed by atoms with Gasteiger partial charge in [-0.25, -0.2) is 4.39 Å². The molecule has 1 amide bonds. The van der Waals surface area contributed by atoms with Gasteiger partial charge in [-0.1, -0.05) is 18.2 Å². The lowest BCUT2D eigenvalue weighted by atomic mass is 9.91. The molecule has 6 heteroatoms. The minimum atomic E-state index is -0.799. The van der Waals surface area contributed by atoms with Crippen LogP contribution in [0.1, 0.15) is 37.7 Å². The number of nitrogens with one attached hydrogen (secondary N) is 1. The average molecular weight is 346 g/mol. The number of amides is 1. The maximum Gasteiger partial charge on any atom is 0.247 e. The summed E-state index contributed by atoms with van der Waals surface area (Å²) in [7, 11) is 0. The lowest BCUT2D eigenvalue weighted by molar-refractivity contribution is -0.122. The number of halogens is 1. The lowest BCUT2D eigenvalue weighted by Crippen LogP contribution is -2.38. The van der Waals surface area contributed by atoms with Gasteiger partial charge in [0, 0.05) is 12.0 Å². The van der Waals surface area contributed by atoms with Gasteiger partial charge in [0.25, 0.3) is 0 Å². The first-order valence-electron chi connectivity index (χ1n) is 8.65. The Morgan fingerprint density at radius 2 is 2.25 bits per heavy atom. The minimum Gasteiger partial charge on any atom is -0.493 e. The summed E-state index contributed by atoms with van der Waals surface area (Å²) in [6.45, 7) is 0.459. The Morgan fingerprint density at radius 1 is 1.33 bits per heavy atom. The fraction of sp³-hybridized carbons (Fsp3) is 0.556. The molecule has 0 radical (unpaired) electrons. The topological polar surface area (TPSA) is 50.7 Å². The fourth-order valence-corrected chi connectivity index (χ4v) is 6.00. The molecule has 3 fully saturated rings. The Labute approximate surface area is 144 Å². The number of aliphatic imine (C=N–C) groups is 1. The van der Waals surface area contributed by atoms with Crippen LogP contribution in [0.2, 0.25) is 0 Å². The van der Waals surface area contributed by atoms with Crippen molar-refractivity contribution in [2.45, 2.75) is 42.9 Å². The zero-order valence-electron chi connectivity index (χ0n) is 13.3. The molecule has 2 saturated carbocycles. The molecule has 4 unspecified atom stereocenters. The van der Waals surface area contributed by atoms with Crippen LogP contribution < -0.4 is 10.1 Å². The van der Waals surface area contributed by atoms with E-state index >= 15 is 0 Å². The highest BCUT2D eigenvalue weighted by Gasteiger charge is 2.52. The maximum atomic E-state index is 13.8. The molecule has 24 heavy (non-hydrogen) atoms. The molecule has 1 spiro atoms. The lowest BCUT2D eigenvalue weighted by Gasteiger charge is -2.31. The number of carbonyl (C=O) groups excluding carboxylic acids is 1. The highest BCUT2D eigenvalue weighted by Crippen LogP contribution is 2.51. The maximum absolute atomic E-state index is 13.8. The molecule has 5 rings (SSSR count). The number of amidine groups is 1. The number of ether oxygens (including phenoxy) is 1. The minimum absolute atomic E-state index is 0.0930. The molecule has 1 saturated heterocycles. The Balaban J connectivity index is 1.48. The zero-order valence-corrected chi connectivity index (χ0v) is 14.1. The quantitative estimate of drug-likeness (QED) is 0.849. The summed E-state index contributed by atoms with van der Waals surface area (Å²) in [5.41, 5.74) is 0.634. The number of hydrogen-bond donors (Lipinski definition) is 1. The third-order valence-electron chi connectivity index (χ3n) is 5.93. The molecule has 126 valence electrons. The molecule has 4 nitrogen and oxygen atoms in total. The zero-order chi connectivity index (χ0) is 16.3. The van der Waals surface area contributed by atoms with E-state index < -0.39 is 4.75 Å². The molecule has 2 aliphatic heterocycles. The van der Waals surface area contributed by atoms with Crippen LogP contribution in [0, 0.1) is 17.7 Å². The van der Waals surface area contributed by atoms with Gasteiger partial charge < -0.3 is 10.1 Å². The SMILES string of the molecule is O=C1NC(=NC2CC3CCC2C3)SC12CCOc1ccc(F)cc12. The Bertz CT molecular complexity index is 753. The Kier molecular flexibility index (Phi) is 3.21. The van der Waals surface area contributed by atoms with Crippen LogP contribution in [0.15, 0.2) is 23.2 Å². The standard InChI is InChI=1S/C18H19FN2O2S/c19-12-3-4-15-13(9-12)18(5-6-23-15)16(22)21-17(24-18)20-14-8-10-1-2-11(14)7-10/h3-4,9-11,14H,1-2,5-8H2,(H,20,21,22). The van der Waals surface area contributed by atoms with Gasteiger partial charge in [0.1, 0.15) is 16.3 Å². The summed E-state index contributed by atoms with van der Waals surface area (Å²) in [6.07, 6.45) is 5.56. The molecule has 1 aromatic carbocycles. The van der Waals surface area contributed by atoms with E-state index in [9.17, 15) is 9.18 Å². The van der Waals surface area contributed by atoms with Crippen molar-refractivity contribution in [2.75, 3.05) is 6.61 Å². The third kappa shape index (κ3) is 2.11. The summed E-state index contributed by atoms with van der Waals surface area (Å²) in [4.78, 5) is 17.6. The van der Waals surface area contributed by atoms with Crippen molar-refractivity contribution >= 4 is 22.8 Å². The first-order chi connectivity index (χ1) is 11.6. The molecule has 1 aromatic rings. The highest BCUT2D eigenvalue weighted by molar-refractivity contribution is 8.16. The molecule has 2 heterocycles. The highest BCUT2D eigenvalue weighted by atomic mass is 32.2. The Hall–Kier alpha value is -1.56. The summed E-state index contributed by atoms with van der Waals surface area (Å²) in [5, 5.41) is 3.66. The van der Waals surface area contributed by atoms with Crippen molar-refractivity contribution in [3.8, 4) is 5.75 Å². The second kappa shape index (κ2) is 5.22. The first kappa shape index (κ1) is 14.8. The number of carbonyl (C=O) groups is 1. The number of hydrogen-bond acceptors (Lipinski definition) is 4. The Morgan fingerprint density at radius 3 is 3.04 bits per heavy atom. The average Bonchev–Trinajstić information content (AvgIpc) is 3.25. The van der Waals surface area contributed by atoms with Crippen molar-refractivity contribution in [1.29, 1.82) is 0 Å². The van der Waals surface area contributed by atoms with Crippen LogP contribution in [-0.2, 0) is 9.54 Å². The molecule has 1 N–H and O–H groups in total. The largest absolute Gasteiger partial charge is 0.493 e. The van der Waals surface area contributed by atoms with Crippen molar-refractivity contribution in [1.82, 2.24) is 5.32 Å². The van der Waals surface area contributed by atoms with Crippen molar-refractivity contribution in [3.05, 3.63) is 29.6 Å². The van der Waals surface area contributed by atoms with Crippen molar-refractivity contribution in [3.63, 3.8) is 0 Å². The predicted molar refractivity (Wildman–Crippen MR) is 90.6 cm³/mol. The third-order valence-corrected chi connectivity index (χ3v) is 7.29. The summed E-state index contributed by atoms with van der Waals surface area (Å²) < 4.78 is 18.6. The van der Waals surface area contributed by atoms with Crippen LogP contribution in [-0.4, -0.2) is 23.7 Å². The molecule has 4 atom stereocenters. The molecular formula is C18H19FN2O2S. The van der Waals surface area contributed by atoms with E-state index in [1.165, 1.54) is 43.2 Å². The number of nitrogens with zero attached hydrogens (tertiary/aromatic N) is 1.